The van der Waals surface area contributed by atoms with E-state index in [2.05, 4.69) is 63.1 Å². The summed E-state index contributed by atoms with van der Waals surface area (Å²) in [4.78, 5) is 138. The molecule has 0 saturated heterocycles. The molecule has 0 aliphatic heterocycles. The van der Waals surface area contributed by atoms with Crippen molar-refractivity contribution in [2.24, 2.45) is 0 Å². The van der Waals surface area contributed by atoms with Gasteiger partial charge >= 0.3 is 11.9 Å². The minimum absolute atomic E-state index is 0.0291. The molecule has 0 aliphatic carbocycles. The molecule has 28 heteroatoms. The van der Waals surface area contributed by atoms with Gasteiger partial charge in [0.15, 0.2) is 0 Å². The summed E-state index contributed by atoms with van der Waals surface area (Å²) in [6.07, 6.45) is 6.30. The first-order valence-corrected chi connectivity index (χ1v) is 39.8. The van der Waals surface area contributed by atoms with Crippen LogP contribution in [0, 0.1) is 13.8 Å². The minimum Gasteiger partial charge on any atom is -0.481 e. The maximum absolute atomic E-state index is 14.0. The van der Waals surface area contributed by atoms with Crippen LogP contribution < -0.4 is 53.2 Å². The molecule has 0 spiro atoms. The molecule has 0 saturated carbocycles. The number of anilines is 2. The molecule has 618 valence electrons. The zero-order chi connectivity index (χ0) is 82.5. The van der Waals surface area contributed by atoms with Gasteiger partial charge in [0, 0.05) is 90.2 Å². The molecule has 4 atom stereocenters. The van der Waals surface area contributed by atoms with Crippen molar-refractivity contribution in [3.05, 3.63) is 192 Å². The van der Waals surface area contributed by atoms with Gasteiger partial charge in [-0.25, -0.2) is 9.97 Å². The Hall–Kier alpha value is -11.7. The normalized spacial score (nSPS) is 12.1. The number of hydrogen-bond acceptors (Lipinski definition) is 18. The van der Waals surface area contributed by atoms with E-state index in [-0.39, 0.29) is 166 Å². The summed E-state index contributed by atoms with van der Waals surface area (Å²) in [7, 11) is 0. The van der Waals surface area contributed by atoms with Crippen molar-refractivity contribution in [3.63, 3.8) is 0 Å². The molecule has 12 N–H and O–H groups in total. The Morgan fingerprint density at radius 2 is 0.724 bits per heavy atom. The number of pyridine rings is 2. The van der Waals surface area contributed by atoms with E-state index in [0.717, 1.165) is 54.9 Å². The van der Waals surface area contributed by atoms with Gasteiger partial charge in [-0.1, -0.05) is 133 Å². The lowest BCUT2D eigenvalue weighted by atomic mass is 9.95. The van der Waals surface area contributed by atoms with Crippen LogP contribution in [0.1, 0.15) is 137 Å². The number of carbonyl (C=O) groups excluding carboxylic acids is 8. The average Bonchev–Trinajstić information content (AvgIpc) is 0.805. The van der Waals surface area contributed by atoms with E-state index in [1.165, 1.54) is 0 Å². The summed E-state index contributed by atoms with van der Waals surface area (Å²) >= 11 is 0. The van der Waals surface area contributed by atoms with E-state index >= 15 is 0 Å². The lowest BCUT2D eigenvalue weighted by molar-refractivity contribution is -0.139. The van der Waals surface area contributed by atoms with Gasteiger partial charge in [0.2, 0.25) is 47.3 Å². The molecule has 0 aliphatic rings. The molecule has 6 aromatic carbocycles. The van der Waals surface area contributed by atoms with Gasteiger partial charge < -0.3 is 82.3 Å². The smallest absolute Gasteiger partial charge is 0.305 e. The van der Waals surface area contributed by atoms with E-state index in [4.69, 9.17) is 18.9 Å². The van der Waals surface area contributed by atoms with E-state index in [0.29, 0.717) is 87.5 Å². The van der Waals surface area contributed by atoms with Gasteiger partial charge in [0.1, 0.15) is 23.7 Å². The Bertz CT molecular complexity index is 4180. The predicted molar refractivity (Wildman–Crippen MR) is 444 cm³/mol. The maximum Gasteiger partial charge on any atom is 0.305 e. The number of hydrogen-bond donors (Lipinski definition) is 12. The number of fused-ring (bicyclic) bond motifs is 2. The van der Waals surface area contributed by atoms with Crippen molar-refractivity contribution >= 4 is 92.4 Å². The Balaban J connectivity index is 0.626. The summed E-state index contributed by atoms with van der Waals surface area (Å²) in [6.45, 7) is 7.46. The number of aromatic nitrogens is 2. The highest BCUT2D eigenvalue weighted by molar-refractivity contribution is 5.98. The highest BCUT2D eigenvalue weighted by atomic mass is 16.5. The summed E-state index contributed by atoms with van der Waals surface area (Å²) in [6, 6.07) is 46.9. The third kappa shape index (κ3) is 33.4. The van der Waals surface area contributed by atoms with Gasteiger partial charge in [-0.3, -0.25) is 47.9 Å². The van der Waals surface area contributed by atoms with Crippen LogP contribution in [0.5, 0.6) is 0 Å². The average molecular weight is 1590 g/mol. The minimum atomic E-state index is -1.10. The first kappa shape index (κ1) is 89.8. The predicted octanol–water partition coefficient (Wildman–Crippen LogP) is 9.88. The number of carboxylic acid groups (broad SMARTS) is 2. The highest BCUT2D eigenvalue weighted by Crippen LogP contribution is 2.32. The lowest BCUT2D eigenvalue weighted by Crippen LogP contribution is -2.48. The molecule has 28 nitrogen and oxygen atoms in total. The Kier molecular flexibility index (Phi) is 39.1. The van der Waals surface area contributed by atoms with Gasteiger partial charge in [-0.05, 0) is 156 Å². The van der Waals surface area contributed by atoms with Crippen molar-refractivity contribution in [2.75, 3.05) is 103 Å². The SMILES string of the molecule is Cc1ccnc(NCCCC(=O)N[C@@H](CCCCNC(=O)CCOCCOCCNC(=O)CCC(=O)NCCOCCOCCC(=O)NCCCC[C@H](NC(=O)CCCNc2cc(C)ccn2)C(=O)NC(CC(=O)O)c2ccc(-c3cccc4ccccc34)cc2)C(=O)NC(CC(=O)O)c2ccc(-c3cccc4ccccc34)cc2)c1. The zero-order valence-electron chi connectivity index (χ0n) is 66.2. The second kappa shape index (κ2) is 50.5. The van der Waals surface area contributed by atoms with E-state index < -0.39 is 47.9 Å². The van der Waals surface area contributed by atoms with E-state index in [1.54, 1.807) is 12.4 Å². The van der Waals surface area contributed by atoms with Gasteiger partial charge in [0.25, 0.3) is 0 Å². The van der Waals surface area contributed by atoms with Crippen molar-refractivity contribution in [1.82, 2.24) is 52.5 Å². The number of rotatable bonds is 55. The number of benzene rings is 6. The van der Waals surface area contributed by atoms with E-state index in [9.17, 15) is 58.2 Å². The number of carbonyl (C=O) groups is 10. The number of aliphatic carboxylic acids is 2. The molecule has 116 heavy (non-hydrogen) atoms. The van der Waals surface area contributed by atoms with Gasteiger partial charge in [0.05, 0.1) is 77.8 Å². The first-order chi connectivity index (χ1) is 56.3. The Labute approximate surface area is 676 Å². The third-order valence-corrected chi connectivity index (χ3v) is 19.0. The molecular weight excluding hydrogens is 1480 g/mol. The quantitative estimate of drug-likeness (QED) is 0.0158. The summed E-state index contributed by atoms with van der Waals surface area (Å²) < 4.78 is 22.2. The Morgan fingerprint density at radius 3 is 1.12 bits per heavy atom. The van der Waals surface area contributed by atoms with Crippen LogP contribution >= 0.6 is 0 Å². The number of ether oxygens (including phenoxy) is 4. The van der Waals surface area contributed by atoms with Crippen LogP contribution in [0.15, 0.2) is 170 Å². The first-order valence-electron chi connectivity index (χ1n) is 39.8. The fourth-order valence-corrected chi connectivity index (χ4v) is 12.9. The van der Waals surface area contributed by atoms with Crippen LogP contribution in [0.25, 0.3) is 43.8 Å². The molecular formula is C88H110N12O16. The number of aryl methyl sites for hydroxylation is 2. The molecule has 8 aromatic rings. The number of nitrogens with one attached hydrogen (secondary N) is 10. The van der Waals surface area contributed by atoms with Crippen LogP contribution in [0.4, 0.5) is 11.6 Å². The number of unbranched alkanes of at least 4 members (excludes halogenated alkanes) is 2. The van der Waals surface area contributed by atoms with Crippen LogP contribution in [-0.4, -0.2) is 184 Å². The monoisotopic (exact) mass is 1590 g/mol. The molecule has 2 aromatic heterocycles. The zero-order valence-corrected chi connectivity index (χ0v) is 66.2. The van der Waals surface area contributed by atoms with Crippen LogP contribution in [0.3, 0.4) is 0 Å². The topological polar surface area (TPSA) is 394 Å². The fraction of sp³-hybridized carbons (Fsp3) is 0.409. The molecule has 8 rings (SSSR count). The fourth-order valence-electron chi connectivity index (χ4n) is 12.9. The van der Waals surface area contributed by atoms with Crippen LogP contribution in [-0.2, 0) is 66.9 Å². The summed E-state index contributed by atoms with van der Waals surface area (Å²) in [5.41, 5.74) is 7.17. The second-order valence-electron chi connectivity index (χ2n) is 28.2. The standard InChI is InChI=1S/C88H110N12O16/c1-61-37-45-91-77(57-61)89-43-13-25-83(105)97-73(87(111)99-75(59-85(107)108)67-31-27-65(28-32-67)71-21-11-17-63-15-3-5-19-69(63)71)23-7-9-41-93-81(103)39-49-113-53-55-115-51-47-95-79(101)35-36-80(102)96-48-52-116-56-54-114-50-40-82(104)94-42-10-8-24-74(98-84(106)26-14-44-90-78-58-62(2)38-46-92-78)88(112)100-76(60-86(109)110)68-33-29-66(30-34-68)72-22-12-18-64-16-4-6-20-70(64)72/h3-6,11-12,15-22,27-34,37-38,45-46,57-58,73-76H,7-10,13-14,23-26,35-36,39-44,47-56,59-60H2,1-2H3,(H,89,91)(H,90,92)(H,93,103)(H,94,104)(H,95,101)(H,96,102)(H,97,105)(H,98,106)(H,99,111)(H,100,112)(H,107,108)(H,109,110)/t73-,74-,75?,76?/m0/s1. The largest absolute Gasteiger partial charge is 0.481 e. The third-order valence-electron chi connectivity index (χ3n) is 19.0. The molecule has 0 fully saturated rings. The number of carboxylic acids is 2. The van der Waals surface area contributed by atoms with Crippen molar-refractivity contribution in [3.8, 4) is 22.3 Å². The highest BCUT2D eigenvalue weighted by Gasteiger charge is 2.28. The lowest BCUT2D eigenvalue weighted by Gasteiger charge is -2.23. The maximum atomic E-state index is 14.0. The Morgan fingerprint density at radius 1 is 0.353 bits per heavy atom. The molecule has 0 bridgehead atoms. The molecule has 0 radical (unpaired) electrons. The van der Waals surface area contributed by atoms with Gasteiger partial charge in [-0.2, -0.15) is 0 Å². The number of amides is 8. The van der Waals surface area contributed by atoms with E-state index in [1.807, 2.05) is 172 Å². The van der Waals surface area contributed by atoms with Crippen LogP contribution in [0.2, 0.25) is 0 Å². The number of nitrogens with zero attached hydrogens (tertiary/aromatic N) is 2. The summed E-state index contributed by atoms with van der Waals surface area (Å²) in [5, 5.41) is 53.3. The van der Waals surface area contributed by atoms with Crippen molar-refractivity contribution < 1.29 is 77.1 Å². The molecule has 2 unspecified atom stereocenters. The van der Waals surface area contributed by atoms with Gasteiger partial charge in [-0.15, -0.1) is 0 Å². The van der Waals surface area contributed by atoms with Crippen molar-refractivity contribution in [1.29, 1.82) is 0 Å². The second-order valence-corrected chi connectivity index (χ2v) is 28.2. The summed E-state index contributed by atoms with van der Waals surface area (Å²) in [5.74, 6) is -3.67. The molecule has 2 heterocycles. The molecule has 8 amide bonds. The van der Waals surface area contributed by atoms with Crippen molar-refractivity contribution in [2.45, 2.75) is 141 Å².